The van der Waals surface area contributed by atoms with Crippen molar-refractivity contribution in [3.8, 4) is 0 Å². The molecule has 1 aromatic rings. The normalized spacial score (nSPS) is 16.5. The van der Waals surface area contributed by atoms with Crippen LogP contribution in [0.3, 0.4) is 0 Å². The highest BCUT2D eigenvalue weighted by Gasteiger charge is 2.33. The van der Waals surface area contributed by atoms with Crippen molar-refractivity contribution < 1.29 is 18.0 Å². The van der Waals surface area contributed by atoms with Crippen LogP contribution in [-0.4, -0.2) is 11.9 Å². The van der Waals surface area contributed by atoms with Crippen molar-refractivity contribution in [1.82, 2.24) is 5.32 Å². The standard InChI is InChI=1S/C16H18F3NO/c1-2-11-10-12(8-9-14(11)16(17,18)19)15(21)20-13-6-4-3-5-7-13/h2,8-10,13H,1,3-7H2,(H,20,21). The van der Waals surface area contributed by atoms with Crippen LogP contribution in [0.1, 0.15) is 53.6 Å². The second-order valence-corrected chi connectivity index (χ2v) is 5.31. The zero-order valence-corrected chi connectivity index (χ0v) is 11.7. The number of carbonyl (C=O) groups excluding carboxylic acids is 1. The van der Waals surface area contributed by atoms with Crippen LogP contribution in [0.4, 0.5) is 13.2 Å². The summed E-state index contributed by atoms with van der Waals surface area (Å²) < 4.78 is 38.4. The zero-order valence-electron chi connectivity index (χ0n) is 11.7. The van der Waals surface area contributed by atoms with Crippen LogP contribution in [0.5, 0.6) is 0 Å². The molecule has 1 aliphatic carbocycles. The van der Waals surface area contributed by atoms with Crippen molar-refractivity contribution in [2.24, 2.45) is 0 Å². The van der Waals surface area contributed by atoms with E-state index >= 15 is 0 Å². The van der Waals surface area contributed by atoms with Crippen LogP contribution in [0.25, 0.3) is 6.08 Å². The van der Waals surface area contributed by atoms with Gasteiger partial charge in [0, 0.05) is 11.6 Å². The Morgan fingerprint density at radius 2 is 1.90 bits per heavy atom. The van der Waals surface area contributed by atoms with Gasteiger partial charge in [0.25, 0.3) is 5.91 Å². The van der Waals surface area contributed by atoms with Gasteiger partial charge in [-0.15, -0.1) is 0 Å². The van der Waals surface area contributed by atoms with Crippen LogP contribution in [0, 0.1) is 0 Å². The number of benzene rings is 1. The van der Waals surface area contributed by atoms with Crippen LogP contribution < -0.4 is 5.32 Å². The predicted octanol–water partition coefficient (Wildman–Crippen LogP) is 4.41. The van der Waals surface area contributed by atoms with Crippen molar-refractivity contribution in [2.45, 2.75) is 44.3 Å². The molecule has 1 fully saturated rings. The van der Waals surface area contributed by atoms with E-state index in [1.54, 1.807) is 0 Å². The molecule has 0 aliphatic heterocycles. The lowest BCUT2D eigenvalue weighted by Crippen LogP contribution is -2.36. The molecular weight excluding hydrogens is 279 g/mol. The molecular formula is C16H18F3NO. The van der Waals surface area contributed by atoms with E-state index in [2.05, 4.69) is 11.9 Å². The quantitative estimate of drug-likeness (QED) is 0.879. The van der Waals surface area contributed by atoms with Gasteiger partial charge in [-0.2, -0.15) is 13.2 Å². The first-order valence-electron chi connectivity index (χ1n) is 7.06. The first-order chi connectivity index (χ1) is 9.91. The topological polar surface area (TPSA) is 29.1 Å². The van der Waals surface area contributed by atoms with Gasteiger partial charge >= 0.3 is 6.18 Å². The van der Waals surface area contributed by atoms with Gasteiger partial charge in [0.05, 0.1) is 5.56 Å². The molecule has 114 valence electrons. The van der Waals surface area contributed by atoms with Crippen LogP contribution in [-0.2, 0) is 6.18 Å². The zero-order chi connectivity index (χ0) is 15.5. The molecule has 1 aliphatic rings. The molecule has 1 saturated carbocycles. The molecule has 0 spiro atoms. The summed E-state index contributed by atoms with van der Waals surface area (Å²) in [4.78, 5) is 12.1. The molecule has 0 saturated heterocycles. The molecule has 0 heterocycles. The van der Waals surface area contributed by atoms with Crippen LogP contribution >= 0.6 is 0 Å². The number of hydrogen-bond acceptors (Lipinski definition) is 1. The third-order valence-electron chi connectivity index (χ3n) is 3.78. The second kappa shape index (κ2) is 6.33. The number of hydrogen-bond donors (Lipinski definition) is 1. The van der Waals surface area contributed by atoms with E-state index in [0.29, 0.717) is 0 Å². The van der Waals surface area contributed by atoms with E-state index in [9.17, 15) is 18.0 Å². The molecule has 1 amide bonds. The number of carbonyl (C=O) groups is 1. The van der Waals surface area contributed by atoms with Crippen molar-refractivity contribution in [3.05, 3.63) is 41.5 Å². The number of rotatable bonds is 3. The van der Waals surface area contributed by atoms with E-state index < -0.39 is 11.7 Å². The van der Waals surface area contributed by atoms with Crippen LogP contribution in [0.15, 0.2) is 24.8 Å². The lowest BCUT2D eigenvalue weighted by molar-refractivity contribution is -0.137. The van der Waals surface area contributed by atoms with Gasteiger partial charge in [-0.05, 0) is 36.6 Å². The summed E-state index contributed by atoms with van der Waals surface area (Å²) in [7, 11) is 0. The highest BCUT2D eigenvalue weighted by atomic mass is 19.4. The fourth-order valence-electron chi connectivity index (χ4n) is 2.65. The summed E-state index contributed by atoms with van der Waals surface area (Å²) in [6.45, 7) is 3.39. The molecule has 1 aromatic carbocycles. The molecule has 21 heavy (non-hydrogen) atoms. The monoisotopic (exact) mass is 297 g/mol. The van der Waals surface area contributed by atoms with Gasteiger partial charge in [0.1, 0.15) is 0 Å². The van der Waals surface area contributed by atoms with Crippen molar-refractivity contribution >= 4 is 12.0 Å². The molecule has 0 unspecified atom stereocenters. The third kappa shape index (κ3) is 3.86. The highest BCUT2D eigenvalue weighted by Crippen LogP contribution is 2.33. The minimum atomic E-state index is -4.44. The SMILES string of the molecule is C=Cc1cc(C(=O)NC2CCCCC2)ccc1C(F)(F)F. The largest absolute Gasteiger partial charge is 0.416 e. The summed E-state index contributed by atoms with van der Waals surface area (Å²) in [5.41, 5.74) is -0.603. The summed E-state index contributed by atoms with van der Waals surface area (Å²) in [5, 5.41) is 2.89. The summed E-state index contributed by atoms with van der Waals surface area (Å²) in [6, 6.07) is 3.52. The Morgan fingerprint density at radius 1 is 1.24 bits per heavy atom. The van der Waals surface area contributed by atoms with Crippen molar-refractivity contribution in [3.63, 3.8) is 0 Å². The average Bonchev–Trinajstić information content (AvgIpc) is 2.46. The second-order valence-electron chi connectivity index (χ2n) is 5.31. The Balaban J connectivity index is 2.16. The molecule has 0 radical (unpaired) electrons. The molecule has 1 N–H and O–H groups in total. The predicted molar refractivity (Wildman–Crippen MR) is 75.9 cm³/mol. The maximum Gasteiger partial charge on any atom is 0.416 e. The van der Waals surface area contributed by atoms with Crippen LogP contribution in [0.2, 0.25) is 0 Å². The number of halogens is 3. The average molecular weight is 297 g/mol. The Kier molecular flexibility index (Phi) is 4.70. The van der Waals surface area contributed by atoms with Gasteiger partial charge < -0.3 is 5.32 Å². The van der Waals surface area contributed by atoms with E-state index in [1.165, 1.54) is 18.6 Å². The number of nitrogens with one attached hydrogen (secondary N) is 1. The fraction of sp³-hybridized carbons (Fsp3) is 0.438. The number of amides is 1. The molecule has 5 heteroatoms. The Hall–Kier alpha value is -1.78. The van der Waals surface area contributed by atoms with E-state index in [0.717, 1.165) is 37.8 Å². The Bertz CT molecular complexity index is 531. The van der Waals surface area contributed by atoms with Gasteiger partial charge in [-0.3, -0.25) is 4.79 Å². The van der Waals surface area contributed by atoms with Gasteiger partial charge in [-0.1, -0.05) is 31.9 Å². The van der Waals surface area contributed by atoms with E-state index in [4.69, 9.17) is 0 Å². The maximum absolute atomic E-state index is 12.8. The first kappa shape index (κ1) is 15.6. The first-order valence-corrected chi connectivity index (χ1v) is 7.06. The summed E-state index contributed by atoms with van der Waals surface area (Å²) in [6.07, 6.45) is 1.88. The molecule has 2 nitrogen and oxygen atoms in total. The Labute approximate surface area is 122 Å². The van der Waals surface area contributed by atoms with Gasteiger partial charge in [0.2, 0.25) is 0 Å². The third-order valence-corrected chi connectivity index (χ3v) is 3.78. The molecule has 0 bridgehead atoms. The van der Waals surface area contributed by atoms with Crippen molar-refractivity contribution in [1.29, 1.82) is 0 Å². The Morgan fingerprint density at radius 3 is 2.48 bits per heavy atom. The molecule has 0 aromatic heterocycles. The lowest BCUT2D eigenvalue weighted by Gasteiger charge is -2.23. The smallest absolute Gasteiger partial charge is 0.349 e. The summed E-state index contributed by atoms with van der Waals surface area (Å²) in [5.74, 6) is -0.321. The minimum Gasteiger partial charge on any atom is -0.349 e. The summed E-state index contributed by atoms with van der Waals surface area (Å²) >= 11 is 0. The minimum absolute atomic E-state index is 0.0706. The van der Waals surface area contributed by atoms with Gasteiger partial charge in [-0.25, -0.2) is 0 Å². The van der Waals surface area contributed by atoms with Crippen molar-refractivity contribution in [2.75, 3.05) is 0 Å². The van der Waals surface area contributed by atoms with Gasteiger partial charge in [0.15, 0.2) is 0 Å². The van der Waals surface area contributed by atoms with E-state index in [-0.39, 0.29) is 23.1 Å². The number of alkyl halides is 3. The lowest BCUT2D eigenvalue weighted by atomic mass is 9.95. The maximum atomic E-state index is 12.8. The fourth-order valence-corrected chi connectivity index (χ4v) is 2.65. The molecule has 2 rings (SSSR count). The van der Waals surface area contributed by atoms with E-state index in [1.807, 2.05) is 0 Å². The highest BCUT2D eigenvalue weighted by molar-refractivity contribution is 5.95. The molecule has 0 atom stereocenters.